The number of hydrogen-bond acceptors (Lipinski definition) is 7. The van der Waals surface area contributed by atoms with E-state index in [2.05, 4.69) is 9.62 Å². The summed E-state index contributed by atoms with van der Waals surface area (Å²) in [6.07, 6.45) is -0.440. The first kappa shape index (κ1) is 31.9. The van der Waals surface area contributed by atoms with Crippen molar-refractivity contribution >= 4 is 44.8 Å². The molecule has 0 fully saturated rings. The first-order valence-electron chi connectivity index (χ1n) is 13.4. The SMILES string of the molecule is COc1ccc(S(=O)(=O)Nc2cccc3c2OC(CN(C)Cc2ccc(Cl)c(Cl)c2)C(C)CN(C(C)CO)C3=O)cc1. The third-order valence-electron chi connectivity index (χ3n) is 7.23. The average Bonchev–Trinajstić information content (AvgIpc) is 2.96. The van der Waals surface area contributed by atoms with Crippen molar-refractivity contribution in [2.75, 3.05) is 38.6 Å². The molecular weight excluding hydrogens is 601 g/mol. The molecule has 0 aromatic heterocycles. The summed E-state index contributed by atoms with van der Waals surface area (Å²) in [6.45, 7) is 4.87. The highest BCUT2D eigenvalue weighted by Crippen LogP contribution is 2.36. The van der Waals surface area contributed by atoms with E-state index in [1.165, 1.54) is 19.2 Å². The number of ether oxygens (including phenoxy) is 2. The van der Waals surface area contributed by atoms with Crippen LogP contribution in [0.1, 0.15) is 29.8 Å². The number of anilines is 1. The molecule has 2 N–H and O–H groups in total. The average molecular weight is 637 g/mol. The Morgan fingerprint density at radius 1 is 1.14 bits per heavy atom. The van der Waals surface area contributed by atoms with Gasteiger partial charge in [-0.1, -0.05) is 42.3 Å². The van der Waals surface area contributed by atoms with Crippen LogP contribution in [0.4, 0.5) is 5.69 Å². The minimum Gasteiger partial charge on any atom is -0.497 e. The van der Waals surface area contributed by atoms with E-state index in [0.29, 0.717) is 35.4 Å². The summed E-state index contributed by atoms with van der Waals surface area (Å²) in [7, 11) is -0.593. The number of fused-ring (bicyclic) bond motifs is 1. The number of benzene rings is 3. The van der Waals surface area contributed by atoms with Crippen molar-refractivity contribution in [1.82, 2.24) is 9.80 Å². The van der Waals surface area contributed by atoms with Crippen molar-refractivity contribution in [2.45, 2.75) is 37.4 Å². The molecule has 4 rings (SSSR count). The van der Waals surface area contributed by atoms with Crippen LogP contribution in [0, 0.1) is 5.92 Å². The maximum atomic E-state index is 13.7. The molecule has 1 amide bonds. The van der Waals surface area contributed by atoms with Gasteiger partial charge in [-0.15, -0.1) is 0 Å². The van der Waals surface area contributed by atoms with Gasteiger partial charge in [0.1, 0.15) is 11.9 Å². The van der Waals surface area contributed by atoms with Crippen molar-refractivity contribution in [1.29, 1.82) is 0 Å². The number of amides is 1. The molecule has 0 saturated carbocycles. The van der Waals surface area contributed by atoms with Gasteiger partial charge in [0.25, 0.3) is 15.9 Å². The number of nitrogens with one attached hydrogen (secondary N) is 1. The molecule has 0 radical (unpaired) electrons. The van der Waals surface area contributed by atoms with E-state index >= 15 is 0 Å². The van der Waals surface area contributed by atoms with Gasteiger partial charge >= 0.3 is 0 Å². The number of aliphatic hydroxyl groups is 1. The molecule has 0 spiro atoms. The molecule has 12 heteroatoms. The van der Waals surface area contributed by atoms with Gasteiger partial charge in [0.2, 0.25) is 0 Å². The van der Waals surface area contributed by atoms with Gasteiger partial charge in [-0.25, -0.2) is 8.42 Å². The summed E-state index contributed by atoms with van der Waals surface area (Å²) >= 11 is 12.3. The quantitative estimate of drug-likeness (QED) is 0.317. The van der Waals surface area contributed by atoms with Crippen LogP contribution in [-0.4, -0.2) is 75.2 Å². The molecule has 0 bridgehead atoms. The van der Waals surface area contributed by atoms with Gasteiger partial charge in [0.15, 0.2) is 5.75 Å². The second kappa shape index (κ2) is 13.5. The van der Waals surface area contributed by atoms with E-state index in [-0.39, 0.29) is 40.3 Å². The Hall–Kier alpha value is -3.02. The largest absolute Gasteiger partial charge is 0.497 e. The lowest BCUT2D eigenvalue weighted by molar-refractivity contribution is 0.0344. The number of sulfonamides is 1. The monoisotopic (exact) mass is 635 g/mol. The van der Waals surface area contributed by atoms with Gasteiger partial charge in [0, 0.05) is 25.6 Å². The van der Waals surface area contributed by atoms with Crippen LogP contribution in [-0.2, 0) is 16.6 Å². The Bertz CT molecular complexity index is 1520. The number of nitrogens with zero attached hydrogens (tertiary/aromatic N) is 2. The number of methoxy groups -OCH3 is 1. The van der Waals surface area contributed by atoms with Crippen molar-refractivity contribution in [3.8, 4) is 11.5 Å². The fraction of sp³-hybridized carbons (Fsp3) is 0.367. The number of likely N-dealkylation sites (N-methyl/N-ethyl adjacent to an activating group) is 1. The van der Waals surface area contributed by atoms with E-state index in [4.69, 9.17) is 32.7 Å². The summed E-state index contributed by atoms with van der Waals surface area (Å²) in [4.78, 5) is 17.4. The molecular formula is C30H35Cl2N3O6S. The lowest BCUT2D eigenvalue weighted by Crippen LogP contribution is -2.49. The molecule has 3 unspecified atom stereocenters. The van der Waals surface area contributed by atoms with Crippen LogP contribution in [0.2, 0.25) is 10.0 Å². The zero-order valence-electron chi connectivity index (χ0n) is 23.9. The summed E-state index contributed by atoms with van der Waals surface area (Å²) < 4.78 is 41.0. The number of carbonyl (C=O) groups is 1. The zero-order valence-corrected chi connectivity index (χ0v) is 26.2. The Balaban J connectivity index is 1.69. The lowest BCUT2D eigenvalue weighted by Gasteiger charge is -2.38. The maximum Gasteiger partial charge on any atom is 0.262 e. The van der Waals surface area contributed by atoms with Crippen LogP contribution in [0.5, 0.6) is 11.5 Å². The summed E-state index contributed by atoms with van der Waals surface area (Å²) in [5.41, 5.74) is 1.30. The van der Waals surface area contributed by atoms with Gasteiger partial charge < -0.3 is 19.5 Å². The van der Waals surface area contributed by atoms with E-state index in [0.717, 1.165) is 5.56 Å². The summed E-state index contributed by atoms with van der Waals surface area (Å²) in [5, 5.41) is 10.9. The number of hydrogen-bond donors (Lipinski definition) is 2. The number of halogens is 2. The molecule has 1 aliphatic heterocycles. The number of rotatable bonds is 10. The lowest BCUT2D eigenvalue weighted by atomic mass is 9.99. The topological polar surface area (TPSA) is 108 Å². The highest BCUT2D eigenvalue weighted by molar-refractivity contribution is 7.92. The van der Waals surface area contributed by atoms with Crippen molar-refractivity contribution in [3.63, 3.8) is 0 Å². The Kier molecular flexibility index (Phi) is 10.3. The Morgan fingerprint density at radius 3 is 2.50 bits per heavy atom. The molecule has 42 heavy (non-hydrogen) atoms. The Morgan fingerprint density at radius 2 is 1.86 bits per heavy atom. The van der Waals surface area contributed by atoms with Crippen LogP contribution >= 0.6 is 23.2 Å². The second-order valence-electron chi connectivity index (χ2n) is 10.5. The Labute approximate surface area is 257 Å². The van der Waals surface area contributed by atoms with Gasteiger partial charge in [-0.3, -0.25) is 14.4 Å². The standard InChI is InChI=1S/C30H35Cl2N3O6S/c1-19-15-35(20(2)18-36)30(37)24-6-5-7-27(33-42(38,39)23-11-9-22(40-4)10-12-23)29(24)41-28(19)17-34(3)16-21-8-13-25(31)26(32)14-21/h5-14,19-20,28,33,36H,15-18H2,1-4H3. The first-order chi connectivity index (χ1) is 19.9. The smallest absolute Gasteiger partial charge is 0.262 e. The van der Waals surface area contributed by atoms with E-state index in [9.17, 15) is 18.3 Å². The molecule has 0 aliphatic carbocycles. The van der Waals surface area contributed by atoms with Crippen LogP contribution in [0.25, 0.3) is 0 Å². The van der Waals surface area contributed by atoms with Crippen LogP contribution in [0.15, 0.2) is 65.6 Å². The van der Waals surface area contributed by atoms with Crippen molar-refractivity contribution in [3.05, 3.63) is 81.8 Å². The van der Waals surface area contributed by atoms with Gasteiger partial charge in [-0.2, -0.15) is 0 Å². The van der Waals surface area contributed by atoms with Crippen molar-refractivity contribution in [2.24, 2.45) is 5.92 Å². The molecule has 3 aromatic rings. The fourth-order valence-corrected chi connectivity index (χ4v) is 6.20. The third-order valence-corrected chi connectivity index (χ3v) is 9.35. The number of aliphatic hydroxyl groups excluding tert-OH is 1. The normalized spacial score (nSPS) is 18.1. The molecule has 3 aromatic carbocycles. The molecule has 3 atom stereocenters. The number of para-hydroxylation sites is 1. The minimum atomic E-state index is -4.03. The van der Waals surface area contributed by atoms with Crippen molar-refractivity contribution < 1.29 is 27.8 Å². The van der Waals surface area contributed by atoms with Gasteiger partial charge in [0.05, 0.1) is 46.0 Å². The van der Waals surface area contributed by atoms with Gasteiger partial charge in [-0.05, 0) is 68.1 Å². The second-order valence-corrected chi connectivity index (χ2v) is 13.0. The molecule has 226 valence electrons. The van der Waals surface area contributed by atoms with Crippen LogP contribution < -0.4 is 14.2 Å². The van der Waals surface area contributed by atoms with E-state index < -0.39 is 22.2 Å². The summed E-state index contributed by atoms with van der Waals surface area (Å²) in [6, 6.07) is 15.8. The first-order valence-corrected chi connectivity index (χ1v) is 15.7. The predicted molar refractivity (Wildman–Crippen MR) is 164 cm³/mol. The van der Waals surface area contributed by atoms with E-state index in [1.54, 1.807) is 48.2 Å². The number of carbonyl (C=O) groups excluding carboxylic acids is 1. The highest BCUT2D eigenvalue weighted by atomic mass is 35.5. The maximum absolute atomic E-state index is 13.7. The predicted octanol–water partition coefficient (Wildman–Crippen LogP) is 5.15. The zero-order chi connectivity index (χ0) is 30.6. The highest BCUT2D eigenvalue weighted by Gasteiger charge is 2.35. The minimum absolute atomic E-state index is 0.0277. The summed E-state index contributed by atoms with van der Waals surface area (Å²) in [5.74, 6) is 0.131. The molecule has 1 heterocycles. The molecule has 0 saturated heterocycles. The fourth-order valence-electron chi connectivity index (χ4n) is 4.82. The third kappa shape index (κ3) is 7.30. The molecule has 1 aliphatic rings. The molecule has 9 nitrogen and oxygen atoms in total. The van der Waals surface area contributed by atoms with E-state index in [1.807, 2.05) is 26.1 Å². The van der Waals surface area contributed by atoms with Crippen LogP contribution in [0.3, 0.4) is 0 Å².